The van der Waals surface area contributed by atoms with Crippen LogP contribution in [-0.4, -0.2) is 60.5 Å². The first-order valence-corrected chi connectivity index (χ1v) is 24.0. The van der Waals surface area contributed by atoms with Crippen molar-refractivity contribution in [3.05, 3.63) is 72.9 Å². The fourth-order valence-corrected chi connectivity index (χ4v) is 6.52. The van der Waals surface area contributed by atoms with E-state index in [0.717, 1.165) is 83.5 Å². The third kappa shape index (κ3) is 41.6. The van der Waals surface area contributed by atoms with Gasteiger partial charge in [0, 0.05) is 13.0 Å². The Morgan fingerprint density at radius 2 is 1.00 bits per heavy atom. The van der Waals surface area contributed by atoms with Crippen LogP contribution in [0.25, 0.3) is 0 Å². The molecule has 11 heteroatoms. The van der Waals surface area contributed by atoms with Crippen LogP contribution < -0.4 is 5.73 Å². The fourth-order valence-electron chi connectivity index (χ4n) is 5.74. The summed E-state index contributed by atoms with van der Waals surface area (Å²) in [6, 6.07) is -1.48. The highest BCUT2D eigenvalue weighted by molar-refractivity contribution is 7.47. The SMILES string of the molecule is CC/C=C\C/C=C\C/C=C\C/C=C\C/C=C\CCCCCCCCCC(=O)OC(COCCCCCCCC/C=C\CCCCC)COP(=O)(O)OCC(N)C(=O)O. The highest BCUT2D eigenvalue weighted by Gasteiger charge is 2.27. The molecule has 0 fully saturated rings. The van der Waals surface area contributed by atoms with Crippen LogP contribution in [0.5, 0.6) is 0 Å². The maximum atomic E-state index is 12.6. The predicted octanol–water partition coefficient (Wildman–Crippen LogP) is 12.6. The van der Waals surface area contributed by atoms with Gasteiger partial charge in [-0.25, -0.2) is 4.57 Å². The Kier molecular flexibility index (Phi) is 40.6. The van der Waals surface area contributed by atoms with E-state index in [1.165, 1.54) is 64.2 Å². The first-order valence-electron chi connectivity index (χ1n) is 22.5. The molecule has 0 aliphatic rings. The Balaban J connectivity index is 4.23. The van der Waals surface area contributed by atoms with Crippen LogP contribution in [0.2, 0.25) is 0 Å². The van der Waals surface area contributed by atoms with Crippen molar-refractivity contribution in [3.63, 3.8) is 0 Å². The molecule has 0 amide bonds. The molecule has 0 aromatic rings. The van der Waals surface area contributed by atoms with Crippen LogP contribution in [-0.2, 0) is 32.7 Å². The van der Waals surface area contributed by atoms with Crippen molar-refractivity contribution in [2.75, 3.05) is 26.4 Å². The molecule has 3 unspecified atom stereocenters. The number of allylic oxidation sites excluding steroid dienone is 12. The highest BCUT2D eigenvalue weighted by Crippen LogP contribution is 2.43. The van der Waals surface area contributed by atoms with E-state index in [0.29, 0.717) is 13.0 Å². The molecule has 0 saturated carbocycles. The summed E-state index contributed by atoms with van der Waals surface area (Å²) >= 11 is 0. The quantitative estimate of drug-likeness (QED) is 0.0234. The van der Waals surface area contributed by atoms with Crippen molar-refractivity contribution in [1.29, 1.82) is 0 Å². The Labute approximate surface area is 353 Å². The smallest absolute Gasteiger partial charge is 0.472 e. The Morgan fingerprint density at radius 1 is 0.569 bits per heavy atom. The second-order valence-electron chi connectivity index (χ2n) is 14.8. The Bertz CT molecular complexity index is 1200. The zero-order valence-electron chi connectivity index (χ0n) is 36.4. The van der Waals surface area contributed by atoms with E-state index in [2.05, 4.69) is 86.8 Å². The largest absolute Gasteiger partial charge is 0.480 e. The third-order valence-electron chi connectivity index (χ3n) is 9.22. The van der Waals surface area contributed by atoms with Gasteiger partial charge in [0.05, 0.1) is 19.8 Å². The number of aliphatic carboxylic acids is 1. The van der Waals surface area contributed by atoms with Gasteiger partial charge in [0.1, 0.15) is 12.1 Å². The standard InChI is InChI=1S/C47H82NO9P/c1-3-5-7-9-11-13-15-17-18-19-20-21-22-23-24-25-26-27-29-31-33-35-37-39-46(49)57-44(42-55-58(52,53)56-43-45(48)47(50)51)41-54-40-38-36-34-32-30-28-16-14-12-10-8-6-4-2/h5,7,11-14,17-18,20-21,23-24,44-45H,3-4,6,8-10,15-16,19,22,25-43,48H2,1-2H3,(H,50,51)(H,52,53)/b7-5-,13-11-,14-12-,18-17-,21-20-,24-23-. The van der Waals surface area contributed by atoms with E-state index in [9.17, 15) is 19.0 Å². The van der Waals surface area contributed by atoms with Crippen molar-refractivity contribution in [2.24, 2.45) is 5.73 Å². The number of ether oxygens (including phenoxy) is 2. The van der Waals surface area contributed by atoms with Crippen molar-refractivity contribution >= 4 is 19.8 Å². The number of unbranched alkanes of at least 4 members (excludes halogenated alkanes) is 16. The zero-order chi connectivity index (χ0) is 42.6. The fraction of sp³-hybridized carbons (Fsp3) is 0.702. The molecule has 334 valence electrons. The number of carbonyl (C=O) groups is 2. The molecular formula is C47H82NO9P. The molecule has 0 aromatic carbocycles. The molecule has 0 aliphatic heterocycles. The summed E-state index contributed by atoms with van der Waals surface area (Å²) in [6.45, 7) is 3.71. The molecular weight excluding hydrogens is 753 g/mol. The van der Waals surface area contributed by atoms with Crippen molar-refractivity contribution in [3.8, 4) is 0 Å². The number of hydrogen-bond donors (Lipinski definition) is 3. The number of carboxylic acids is 1. The number of phosphoric ester groups is 1. The van der Waals surface area contributed by atoms with E-state index >= 15 is 0 Å². The summed E-state index contributed by atoms with van der Waals surface area (Å²) in [6.07, 6.45) is 52.3. The average Bonchev–Trinajstić information content (AvgIpc) is 3.20. The maximum Gasteiger partial charge on any atom is 0.472 e. The summed E-state index contributed by atoms with van der Waals surface area (Å²) in [5, 5.41) is 8.90. The minimum Gasteiger partial charge on any atom is -0.480 e. The van der Waals surface area contributed by atoms with Gasteiger partial charge in [0.25, 0.3) is 0 Å². The minimum absolute atomic E-state index is 0.00456. The van der Waals surface area contributed by atoms with Crippen LogP contribution >= 0.6 is 7.82 Å². The van der Waals surface area contributed by atoms with Crippen molar-refractivity contribution < 1.29 is 42.7 Å². The van der Waals surface area contributed by atoms with E-state index in [-0.39, 0.29) is 13.0 Å². The maximum absolute atomic E-state index is 12.6. The molecule has 3 atom stereocenters. The highest BCUT2D eigenvalue weighted by atomic mass is 31.2. The molecule has 0 radical (unpaired) electrons. The zero-order valence-corrected chi connectivity index (χ0v) is 37.3. The van der Waals surface area contributed by atoms with Gasteiger partial charge in [-0.15, -0.1) is 0 Å². The lowest BCUT2D eigenvalue weighted by Crippen LogP contribution is -2.34. The van der Waals surface area contributed by atoms with Crippen LogP contribution in [0, 0.1) is 0 Å². The second kappa shape index (κ2) is 42.5. The number of carboxylic acid groups (broad SMARTS) is 1. The molecule has 0 heterocycles. The molecule has 0 spiro atoms. The first kappa shape index (κ1) is 55.4. The normalized spacial score (nSPS) is 14.6. The van der Waals surface area contributed by atoms with Gasteiger partial charge >= 0.3 is 19.8 Å². The van der Waals surface area contributed by atoms with E-state index < -0.39 is 45.1 Å². The van der Waals surface area contributed by atoms with Crippen LogP contribution in [0.4, 0.5) is 0 Å². The second-order valence-corrected chi connectivity index (χ2v) is 16.2. The van der Waals surface area contributed by atoms with Crippen molar-refractivity contribution in [1.82, 2.24) is 0 Å². The molecule has 4 N–H and O–H groups in total. The lowest BCUT2D eigenvalue weighted by molar-refractivity contribution is -0.154. The van der Waals surface area contributed by atoms with Crippen molar-refractivity contribution in [2.45, 2.75) is 187 Å². The number of nitrogens with two attached hydrogens (primary N) is 1. The topological polar surface area (TPSA) is 155 Å². The summed E-state index contributed by atoms with van der Waals surface area (Å²) in [7, 11) is -4.62. The van der Waals surface area contributed by atoms with Gasteiger partial charge in [-0.3, -0.25) is 18.6 Å². The summed E-state index contributed by atoms with van der Waals surface area (Å²) < 4.78 is 33.3. The summed E-state index contributed by atoms with van der Waals surface area (Å²) in [5.41, 5.74) is 5.35. The Hall–Kier alpha value is -2.59. The lowest BCUT2D eigenvalue weighted by atomic mass is 10.1. The summed E-state index contributed by atoms with van der Waals surface area (Å²) in [4.78, 5) is 33.6. The summed E-state index contributed by atoms with van der Waals surface area (Å²) in [5.74, 6) is -1.80. The van der Waals surface area contributed by atoms with Gasteiger partial charge in [0.15, 0.2) is 0 Å². The molecule has 0 saturated heterocycles. The van der Waals surface area contributed by atoms with E-state index in [1.54, 1.807) is 0 Å². The third-order valence-corrected chi connectivity index (χ3v) is 10.2. The van der Waals surface area contributed by atoms with Gasteiger partial charge in [0.2, 0.25) is 0 Å². The van der Waals surface area contributed by atoms with E-state index in [4.69, 9.17) is 29.4 Å². The van der Waals surface area contributed by atoms with Gasteiger partial charge in [-0.2, -0.15) is 0 Å². The number of phosphoric acid groups is 1. The molecule has 0 aromatic heterocycles. The predicted molar refractivity (Wildman–Crippen MR) is 240 cm³/mol. The molecule has 0 bridgehead atoms. The monoisotopic (exact) mass is 836 g/mol. The van der Waals surface area contributed by atoms with Crippen LogP contribution in [0.3, 0.4) is 0 Å². The van der Waals surface area contributed by atoms with Crippen LogP contribution in [0.15, 0.2) is 72.9 Å². The molecule has 10 nitrogen and oxygen atoms in total. The van der Waals surface area contributed by atoms with Gasteiger partial charge in [-0.05, 0) is 83.5 Å². The lowest BCUT2D eigenvalue weighted by Gasteiger charge is -2.20. The average molecular weight is 836 g/mol. The number of carbonyl (C=O) groups excluding carboxylic acids is 1. The molecule has 0 rings (SSSR count). The van der Waals surface area contributed by atoms with Gasteiger partial charge in [-0.1, -0.05) is 157 Å². The number of rotatable bonds is 42. The van der Waals surface area contributed by atoms with Crippen LogP contribution in [0.1, 0.15) is 174 Å². The van der Waals surface area contributed by atoms with E-state index in [1.807, 2.05) is 0 Å². The minimum atomic E-state index is -4.62. The number of esters is 1. The van der Waals surface area contributed by atoms with Gasteiger partial charge < -0.3 is 25.2 Å². The Morgan fingerprint density at radius 3 is 1.52 bits per heavy atom. The first-order chi connectivity index (χ1) is 28.2. The molecule has 58 heavy (non-hydrogen) atoms. The molecule has 0 aliphatic carbocycles. The number of hydrogen-bond acceptors (Lipinski definition) is 8.